The Hall–Kier alpha value is -3.25. The Morgan fingerprint density at radius 1 is 0.900 bits per heavy atom. The number of pyridine rings is 1. The summed E-state index contributed by atoms with van der Waals surface area (Å²) in [4.78, 5) is 11.3. The van der Waals surface area contributed by atoms with E-state index in [1.807, 2.05) is 41.1 Å². The molecule has 0 saturated carbocycles. The Labute approximate surface area is 181 Å². The van der Waals surface area contributed by atoms with Gasteiger partial charge >= 0.3 is 0 Å². The first-order valence-corrected chi connectivity index (χ1v) is 10.7. The maximum atomic E-state index is 6.09. The molecule has 2 aromatic carbocycles. The van der Waals surface area contributed by atoms with Gasteiger partial charge in [0.15, 0.2) is 16.7 Å². The highest BCUT2D eigenvalue weighted by molar-refractivity contribution is 7.98. The number of rotatable bonds is 8. The fourth-order valence-corrected chi connectivity index (χ4v) is 4.13. The highest BCUT2D eigenvalue weighted by atomic mass is 32.2. The van der Waals surface area contributed by atoms with Crippen molar-refractivity contribution in [1.82, 2.24) is 14.5 Å². The van der Waals surface area contributed by atoms with Crippen LogP contribution in [0.1, 0.15) is 11.1 Å². The Morgan fingerprint density at radius 3 is 2.53 bits per heavy atom. The average molecular weight is 417 g/mol. The highest BCUT2D eigenvalue weighted by Crippen LogP contribution is 2.30. The number of hydrogen-bond donors (Lipinski definition) is 0. The smallest absolute Gasteiger partial charge is 0.181 e. The molecule has 152 valence electrons. The Balaban J connectivity index is 1.54. The summed E-state index contributed by atoms with van der Waals surface area (Å²) in [5, 5.41) is 0.881. The van der Waals surface area contributed by atoms with Crippen molar-refractivity contribution >= 4 is 17.4 Å². The molecule has 0 radical (unpaired) electrons. The number of imidazole rings is 1. The molecule has 0 bridgehead atoms. The molecule has 0 saturated heterocycles. The molecule has 5 nitrogen and oxygen atoms in total. The average Bonchev–Trinajstić information content (AvgIpc) is 3.26. The van der Waals surface area contributed by atoms with E-state index in [9.17, 15) is 0 Å². The molecule has 2 aromatic heterocycles. The number of thioether (sulfide) groups is 1. The molecule has 0 aliphatic heterocycles. The zero-order chi connectivity index (χ0) is 20.8. The van der Waals surface area contributed by atoms with Crippen LogP contribution in [0, 0.1) is 0 Å². The minimum Gasteiger partial charge on any atom is -0.485 e. The van der Waals surface area contributed by atoms with Gasteiger partial charge in [0, 0.05) is 44.1 Å². The third-order valence-electron chi connectivity index (χ3n) is 4.65. The van der Waals surface area contributed by atoms with Crippen molar-refractivity contribution in [1.29, 1.82) is 0 Å². The first-order valence-electron chi connectivity index (χ1n) is 9.76. The number of para-hydroxylation sites is 1. The lowest BCUT2D eigenvalue weighted by molar-refractivity contribution is 0.303. The van der Waals surface area contributed by atoms with Gasteiger partial charge in [0.05, 0.1) is 0 Å². The zero-order valence-electron chi connectivity index (χ0n) is 17.1. The van der Waals surface area contributed by atoms with Gasteiger partial charge in [-0.2, -0.15) is 0 Å². The van der Waals surface area contributed by atoms with Gasteiger partial charge in [0.1, 0.15) is 6.61 Å². The summed E-state index contributed by atoms with van der Waals surface area (Å²) in [6, 6.07) is 22.4. The molecule has 0 aliphatic rings. The van der Waals surface area contributed by atoms with E-state index in [1.54, 1.807) is 24.2 Å². The third kappa shape index (κ3) is 4.66. The Kier molecular flexibility index (Phi) is 6.35. The van der Waals surface area contributed by atoms with Crippen LogP contribution in [0.4, 0.5) is 5.69 Å². The van der Waals surface area contributed by atoms with Gasteiger partial charge in [0.25, 0.3) is 0 Å². The van der Waals surface area contributed by atoms with Crippen molar-refractivity contribution in [3.05, 3.63) is 96.4 Å². The minimum atomic E-state index is 0.493. The van der Waals surface area contributed by atoms with Crippen LogP contribution in [0.25, 0.3) is 5.82 Å². The topological polar surface area (TPSA) is 43.2 Å². The second kappa shape index (κ2) is 9.50. The first kappa shape index (κ1) is 20.0. The normalized spacial score (nSPS) is 10.7. The summed E-state index contributed by atoms with van der Waals surface area (Å²) < 4.78 is 8.08. The number of anilines is 1. The number of hydrogen-bond acceptors (Lipinski definition) is 5. The fourth-order valence-electron chi connectivity index (χ4n) is 3.18. The summed E-state index contributed by atoms with van der Waals surface area (Å²) in [7, 11) is 4.13. The van der Waals surface area contributed by atoms with Crippen LogP contribution in [-0.2, 0) is 12.4 Å². The van der Waals surface area contributed by atoms with Crippen LogP contribution in [0.15, 0.2) is 90.5 Å². The van der Waals surface area contributed by atoms with Gasteiger partial charge in [-0.25, -0.2) is 9.97 Å². The molecule has 0 spiro atoms. The summed E-state index contributed by atoms with van der Waals surface area (Å²) in [6.45, 7) is 0.493. The molecule has 6 heteroatoms. The van der Waals surface area contributed by atoms with Gasteiger partial charge in [-0.3, -0.25) is 4.57 Å². The standard InChI is InChI=1S/C24H24N4OS/c1-27(2)21-12-7-6-11-20(21)18-30-24-26-15-16-28(24)23-22(13-8-14-25-23)29-17-19-9-4-3-5-10-19/h3-16H,17-18H2,1-2H3. The lowest BCUT2D eigenvalue weighted by Gasteiger charge is -2.17. The van der Waals surface area contributed by atoms with Crippen molar-refractivity contribution in [3.63, 3.8) is 0 Å². The van der Waals surface area contributed by atoms with E-state index in [-0.39, 0.29) is 0 Å². The van der Waals surface area contributed by atoms with E-state index in [1.165, 1.54) is 11.3 Å². The van der Waals surface area contributed by atoms with Crippen LogP contribution in [0.5, 0.6) is 5.75 Å². The van der Waals surface area contributed by atoms with Crippen LogP contribution in [0.3, 0.4) is 0 Å². The molecular formula is C24H24N4OS. The molecule has 2 heterocycles. The number of ether oxygens (including phenoxy) is 1. The molecular weight excluding hydrogens is 392 g/mol. The van der Waals surface area contributed by atoms with E-state index in [0.717, 1.165) is 28.0 Å². The van der Waals surface area contributed by atoms with Crippen molar-refractivity contribution in [2.45, 2.75) is 17.5 Å². The maximum absolute atomic E-state index is 6.09. The third-order valence-corrected chi connectivity index (χ3v) is 5.67. The van der Waals surface area contributed by atoms with Gasteiger partial charge in [-0.05, 0) is 29.3 Å². The molecule has 30 heavy (non-hydrogen) atoms. The second-order valence-electron chi connectivity index (χ2n) is 6.99. The van der Waals surface area contributed by atoms with Crippen LogP contribution in [0.2, 0.25) is 0 Å². The van der Waals surface area contributed by atoms with E-state index >= 15 is 0 Å². The molecule has 0 aliphatic carbocycles. The van der Waals surface area contributed by atoms with Crippen molar-refractivity contribution in [2.24, 2.45) is 0 Å². The molecule has 0 fully saturated rings. The van der Waals surface area contributed by atoms with Gasteiger partial charge in [0.2, 0.25) is 0 Å². The minimum absolute atomic E-state index is 0.493. The van der Waals surface area contributed by atoms with E-state index in [2.05, 4.69) is 65.4 Å². The largest absolute Gasteiger partial charge is 0.485 e. The van der Waals surface area contributed by atoms with Gasteiger partial charge in [-0.1, -0.05) is 60.3 Å². The highest BCUT2D eigenvalue weighted by Gasteiger charge is 2.13. The van der Waals surface area contributed by atoms with Crippen molar-refractivity contribution in [3.8, 4) is 11.6 Å². The molecule has 0 amide bonds. The van der Waals surface area contributed by atoms with Crippen molar-refractivity contribution < 1.29 is 4.74 Å². The Bertz CT molecular complexity index is 1100. The van der Waals surface area contributed by atoms with Crippen molar-refractivity contribution in [2.75, 3.05) is 19.0 Å². The summed E-state index contributed by atoms with van der Waals surface area (Å²) >= 11 is 1.69. The van der Waals surface area contributed by atoms with Crippen LogP contribution < -0.4 is 9.64 Å². The zero-order valence-corrected chi connectivity index (χ0v) is 17.9. The number of nitrogens with zero attached hydrogens (tertiary/aromatic N) is 4. The van der Waals surface area contributed by atoms with Gasteiger partial charge < -0.3 is 9.64 Å². The maximum Gasteiger partial charge on any atom is 0.181 e. The quantitative estimate of drug-likeness (QED) is 0.369. The van der Waals surface area contributed by atoms with E-state index < -0.39 is 0 Å². The predicted molar refractivity (Wildman–Crippen MR) is 122 cm³/mol. The molecule has 0 atom stereocenters. The van der Waals surface area contributed by atoms with Crippen LogP contribution in [-0.4, -0.2) is 28.6 Å². The molecule has 0 unspecified atom stereocenters. The second-order valence-corrected chi connectivity index (χ2v) is 7.93. The lowest BCUT2D eigenvalue weighted by Crippen LogP contribution is -2.10. The first-order chi connectivity index (χ1) is 14.7. The molecule has 0 N–H and O–H groups in total. The summed E-state index contributed by atoms with van der Waals surface area (Å²) in [6.07, 6.45) is 5.51. The summed E-state index contributed by atoms with van der Waals surface area (Å²) in [5.41, 5.74) is 3.60. The molecule has 4 rings (SSSR count). The SMILES string of the molecule is CN(C)c1ccccc1CSc1nccn1-c1ncccc1OCc1ccccc1. The monoisotopic (exact) mass is 416 g/mol. The fraction of sp³-hybridized carbons (Fsp3) is 0.167. The number of aromatic nitrogens is 3. The van der Waals surface area contributed by atoms with E-state index in [0.29, 0.717) is 6.61 Å². The van der Waals surface area contributed by atoms with E-state index in [4.69, 9.17) is 4.74 Å². The van der Waals surface area contributed by atoms with Crippen LogP contribution >= 0.6 is 11.8 Å². The summed E-state index contributed by atoms with van der Waals surface area (Å²) in [5.74, 6) is 2.29. The Morgan fingerprint density at radius 2 is 1.70 bits per heavy atom. The molecule has 4 aromatic rings. The predicted octanol–water partition coefficient (Wildman–Crippen LogP) is 5.20. The lowest BCUT2D eigenvalue weighted by atomic mass is 10.2. The van der Waals surface area contributed by atoms with Gasteiger partial charge in [-0.15, -0.1) is 0 Å². The number of benzene rings is 2.